The van der Waals surface area contributed by atoms with Crippen molar-refractivity contribution in [1.82, 2.24) is 9.88 Å². The molecule has 0 radical (unpaired) electrons. The molecule has 1 fully saturated rings. The highest BCUT2D eigenvalue weighted by Gasteiger charge is 2.37. The van der Waals surface area contributed by atoms with Gasteiger partial charge in [0.25, 0.3) is 0 Å². The lowest BCUT2D eigenvalue weighted by molar-refractivity contribution is 0.0564. The summed E-state index contributed by atoms with van der Waals surface area (Å²) in [6.07, 6.45) is 3.72. The van der Waals surface area contributed by atoms with Crippen LogP contribution in [-0.2, 0) is 17.6 Å². The number of amides is 2. The Labute approximate surface area is 280 Å². The molecule has 0 bridgehead atoms. The summed E-state index contributed by atoms with van der Waals surface area (Å²) < 4.78 is 5.38. The van der Waals surface area contributed by atoms with Crippen LogP contribution < -0.4 is 5.32 Å². The van der Waals surface area contributed by atoms with E-state index in [0.29, 0.717) is 37.8 Å². The fraction of sp³-hybridized carbons (Fsp3) is 0.244. The van der Waals surface area contributed by atoms with E-state index in [0.717, 1.165) is 29.4 Å². The number of aromatic nitrogens is 1. The van der Waals surface area contributed by atoms with Gasteiger partial charge in [-0.25, -0.2) is 9.59 Å². The van der Waals surface area contributed by atoms with E-state index in [4.69, 9.17) is 9.84 Å². The van der Waals surface area contributed by atoms with E-state index in [-0.39, 0.29) is 11.4 Å². The Hall–Kier alpha value is -5.27. The van der Waals surface area contributed by atoms with E-state index >= 15 is 0 Å². The standard InChI is InChI=1S/C31H32N2O2.C10H7NO2/c1-31(2)20-28-22(11-13-26-25-9-4-3-6-21(25)10-12-27(26)28)19-29(31)23-7-5-8-24(18-23)32-30(34)33-14-16-35-17-15-33;12-10(13)8-3-4-9-7(6-8)2-1-5-11-9/h3-13,18,29H,14-17,19-20H2,1-2H3,(H,32,34);1-6H,(H,12,13). The Balaban J connectivity index is 0.000000235. The third-order valence-corrected chi connectivity index (χ3v) is 9.82. The molecular weight excluding hydrogens is 598 g/mol. The Morgan fingerprint density at radius 1 is 0.833 bits per heavy atom. The first-order valence-electron chi connectivity index (χ1n) is 16.5. The highest BCUT2D eigenvalue weighted by Crippen LogP contribution is 2.48. The van der Waals surface area contributed by atoms with Gasteiger partial charge in [0.05, 0.1) is 24.3 Å². The van der Waals surface area contributed by atoms with Crippen LogP contribution in [0.2, 0.25) is 0 Å². The van der Waals surface area contributed by atoms with Crippen LogP contribution in [0.4, 0.5) is 10.5 Å². The Morgan fingerprint density at radius 2 is 1.62 bits per heavy atom. The van der Waals surface area contributed by atoms with Crippen molar-refractivity contribution in [2.24, 2.45) is 5.41 Å². The number of rotatable bonds is 3. The zero-order chi connectivity index (χ0) is 33.3. The van der Waals surface area contributed by atoms with Crippen molar-refractivity contribution >= 4 is 50.1 Å². The lowest BCUT2D eigenvalue weighted by Crippen LogP contribution is -2.43. The number of carboxylic acid groups (broad SMARTS) is 1. The molecule has 7 heteroatoms. The van der Waals surface area contributed by atoms with E-state index in [9.17, 15) is 9.59 Å². The Morgan fingerprint density at radius 3 is 2.46 bits per heavy atom. The summed E-state index contributed by atoms with van der Waals surface area (Å²) in [5.41, 5.74) is 6.29. The number of morpholine rings is 1. The van der Waals surface area contributed by atoms with E-state index < -0.39 is 5.97 Å². The van der Waals surface area contributed by atoms with Gasteiger partial charge in [0.15, 0.2) is 0 Å². The fourth-order valence-corrected chi connectivity index (χ4v) is 7.25. The third kappa shape index (κ3) is 6.34. The molecule has 8 rings (SSSR count). The molecule has 7 nitrogen and oxygen atoms in total. The van der Waals surface area contributed by atoms with Gasteiger partial charge in [-0.05, 0) is 98.8 Å². The molecule has 0 saturated carbocycles. The van der Waals surface area contributed by atoms with Crippen molar-refractivity contribution in [3.05, 3.63) is 132 Å². The summed E-state index contributed by atoms with van der Waals surface area (Å²) in [6.45, 7) is 7.27. The average Bonchev–Trinajstić information content (AvgIpc) is 3.11. The molecule has 2 N–H and O–H groups in total. The number of aromatic carboxylic acids is 1. The number of carboxylic acids is 1. The third-order valence-electron chi connectivity index (χ3n) is 9.82. The average molecular weight is 638 g/mol. The topological polar surface area (TPSA) is 91.8 Å². The monoisotopic (exact) mass is 637 g/mol. The van der Waals surface area contributed by atoms with Crippen molar-refractivity contribution in [2.45, 2.75) is 32.6 Å². The summed E-state index contributed by atoms with van der Waals surface area (Å²) in [7, 11) is 0. The number of benzene rings is 5. The first-order valence-corrected chi connectivity index (χ1v) is 16.5. The molecule has 1 aliphatic heterocycles. The van der Waals surface area contributed by atoms with Gasteiger partial charge in [-0.2, -0.15) is 0 Å². The molecule has 5 aromatic carbocycles. The second-order valence-corrected chi connectivity index (χ2v) is 13.4. The molecule has 1 atom stereocenters. The maximum absolute atomic E-state index is 12.7. The minimum absolute atomic E-state index is 0.0441. The zero-order valence-corrected chi connectivity index (χ0v) is 27.3. The van der Waals surface area contributed by atoms with Crippen molar-refractivity contribution < 1.29 is 19.4 Å². The zero-order valence-electron chi connectivity index (χ0n) is 27.3. The second-order valence-electron chi connectivity index (χ2n) is 13.4. The molecular formula is C41H39N3O4. The minimum Gasteiger partial charge on any atom is -0.478 e. The van der Waals surface area contributed by atoms with Crippen LogP contribution in [0.1, 0.15) is 46.8 Å². The van der Waals surface area contributed by atoms with Gasteiger partial charge >= 0.3 is 12.0 Å². The minimum atomic E-state index is -0.911. The van der Waals surface area contributed by atoms with Crippen molar-refractivity contribution in [1.29, 1.82) is 0 Å². The van der Waals surface area contributed by atoms with Crippen molar-refractivity contribution in [2.75, 3.05) is 31.6 Å². The maximum Gasteiger partial charge on any atom is 0.335 e. The lowest BCUT2D eigenvalue weighted by atomic mass is 9.63. The highest BCUT2D eigenvalue weighted by molar-refractivity contribution is 6.08. The number of urea groups is 1. The summed E-state index contributed by atoms with van der Waals surface area (Å²) >= 11 is 0. The van der Waals surface area contributed by atoms with Crippen LogP contribution >= 0.6 is 0 Å². The van der Waals surface area contributed by atoms with E-state index in [1.807, 2.05) is 17.0 Å². The summed E-state index contributed by atoms with van der Waals surface area (Å²) in [5.74, 6) is -0.529. The predicted molar refractivity (Wildman–Crippen MR) is 192 cm³/mol. The number of nitrogens with one attached hydrogen (secondary N) is 1. The number of pyridine rings is 1. The molecule has 242 valence electrons. The van der Waals surface area contributed by atoms with Gasteiger partial charge in [-0.3, -0.25) is 4.98 Å². The molecule has 1 aliphatic carbocycles. The highest BCUT2D eigenvalue weighted by atomic mass is 16.5. The number of carbonyl (C=O) groups excluding carboxylic acids is 1. The van der Waals surface area contributed by atoms with E-state index in [1.54, 1.807) is 30.5 Å². The van der Waals surface area contributed by atoms with E-state index in [1.165, 1.54) is 38.2 Å². The van der Waals surface area contributed by atoms with Gasteiger partial charge in [0.2, 0.25) is 0 Å². The van der Waals surface area contributed by atoms with Gasteiger partial charge < -0.3 is 20.1 Å². The Kier molecular flexibility index (Phi) is 8.54. The fourth-order valence-electron chi connectivity index (χ4n) is 7.25. The molecule has 1 aromatic heterocycles. The molecule has 6 aromatic rings. The predicted octanol–water partition coefficient (Wildman–Crippen LogP) is 8.70. The normalized spacial score (nSPS) is 17.0. The first-order chi connectivity index (χ1) is 23.3. The van der Waals surface area contributed by atoms with Gasteiger partial charge in [-0.15, -0.1) is 0 Å². The van der Waals surface area contributed by atoms with Crippen LogP contribution in [0.3, 0.4) is 0 Å². The van der Waals surface area contributed by atoms with Gasteiger partial charge in [0, 0.05) is 30.4 Å². The summed E-state index contributed by atoms with van der Waals surface area (Å²) in [6, 6.07) is 34.8. The van der Waals surface area contributed by atoms with Gasteiger partial charge in [0.1, 0.15) is 0 Å². The number of anilines is 1. The molecule has 48 heavy (non-hydrogen) atoms. The quantitative estimate of drug-likeness (QED) is 0.190. The summed E-state index contributed by atoms with van der Waals surface area (Å²) in [5, 5.41) is 18.0. The van der Waals surface area contributed by atoms with Crippen molar-refractivity contribution in [3.8, 4) is 0 Å². The molecule has 0 spiro atoms. The maximum atomic E-state index is 12.7. The van der Waals surface area contributed by atoms with Crippen molar-refractivity contribution in [3.63, 3.8) is 0 Å². The van der Waals surface area contributed by atoms with Crippen LogP contribution in [0, 0.1) is 5.41 Å². The molecule has 2 amide bonds. The Bertz CT molecular complexity index is 2150. The second kappa shape index (κ2) is 13.1. The summed E-state index contributed by atoms with van der Waals surface area (Å²) in [4.78, 5) is 29.3. The number of hydrogen-bond acceptors (Lipinski definition) is 4. The SMILES string of the molecule is CC1(C)Cc2c(ccc3c2ccc2ccccc23)CC1c1cccc(NC(=O)N2CCOCC2)c1.O=C(O)c1ccc2ncccc2c1. The number of fused-ring (bicyclic) bond motifs is 6. The number of carbonyl (C=O) groups is 2. The number of nitrogens with zero attached hydrogens (tertiary/aromatic N) is 2. The molecule has 1 saturated heterocycles. The first kappa shape index (κ1) is 31.3. The van der Waals surface area contributed by atoms with Crippen LogP contribution in [0.25, 0.3) is 32.4 Å². The van der Waals surface area contributed by atoms with Crippen LogP contribution in [-0.4, -0.2) is 53.3 Å². The molecule has 2 heterocycles. The largest absolute Gasteiger partial charge is 0.478 e. The lowest BCUT2D eigenvalue weighted by Gasteiger charge is -2.41. The number of hydrogen-bond donors (Lipinski definition) is 2. The van der Waals surface area contributed by atoms with Crippen LogP contribution in [0.5, 0.6) is 0 Å². The van der Waals surface area contributed by atoms with Crippen LogP contribution in [0.15, 0.2) is 109 Å². The van der Waals surface area contributed by atoms with Gasteiger partial charge in [-0.1, -0.05) is 80.6 Å². The smallest absolute Gasteiger partial charge is 0.335 e. The molecule has 2 aliphatic rings. The molecule has 1 unspecified atom stereocenters. The van der Waals surface area contributed by atoms with E-state index in [2.05, 4.69) is 90.9 Å². The number of ether oxygens (including phenoxy) is 1.